The van der Waals surface area contributed by atoms with Gasteiger partial charge in [0.15, 0.2) is 6.04 Å². The number of unbranched alkanes of at least 4 members (excludes halogenated alkanes) is 1. The number of aliphatic hydroxyl groups is 1. The summed E-state index contributed by atoms with van der Waals surface area (Å²) in [6, 6.07) is 6.20. The molecule has 0 radical (unpaired) electrons. The summed E-state index contributed by atoms with van der Waals surface area (Å²) in [4.78, 5) is 47.8. The summed E-state index contributed by atoms with van der Waals surface area (Å²) in [7, 11) is 1.13. The van der Waals surface area contributed by atoms with Crippen molar-refractivity contribution in [3.05, 3.63) is 35.9 Å². The van der Waals surface area contributed by atoms with Crippen LogP contribution in [0.25, 0.3) is 0 Å². The minimum absolute atomic E-state index is 0. The number of hydrogen-bond donors (Lipinski definition) is 5. The van der Waals surface area contributed by atoms with Crippen molar-refractivity contribution >= 4 is 36.3 Å². The highest BCUT2D eigenvalue weighted by molar-refractivity contribution is 5.91. The number of rotatable bonds is 13. The Morgan fingerprint density at radius 2 is 1.67 bits per heavy atom. The number of halogens is 1. The molecule has 0 saturated heterocycles. The molecule has 0 unspecified atom stereocenters. The molecule has 0 aliphatic heterocycles. The number of alkyl carbamates (subject to hydrolysis) is 1. The number of amides is 3. The molecule has 0 spiro atoms. The maximum atomic E-state index is 12.5. The van der Waals surface area contributed by atoms with Crippen molar-refractivity contribution < 1.29 is 33.8 Å². The van der Waals surface area contributed by atoms with Gasteiger partial charge in [0, 0.05) is 6.54 Å². The zero-order chi connectivity index (χ0) is 23.9. The van der Waals surface area contributed by atoms with E-state index in [4.69, 9.17) is 10.5 Å². The zero-order valence-electron chi connectivity index (χ0n) is 18.7. The van der Waals surface area contributed by atoms with Crippen LogP contribution in [-0.4, -0.2) is 67.4 Å². The van der Waals surface area contributed by atoms with Gasteiger partial charge < -0.3 is 36.3 Å². The van der Waals surface area contributed by atoms with Gasteiger partial charge in [0.1, 0.15) is 12.6 Å². The summed E-state index contributed by atoms with van der Waals surface area (Å²) in [5.74, 6) is -2.00. The van der Waals surface area contributed by atoms with E-state index in [0.29, 0.717) is 19.4 Å². The normalized spacial score (nSPS) is 12.8. The summed E-state index contributed by atoms with van der Waals surface area (Å²) in [5, 5.41) is 16.7. The predicted molar refractivity (Wildman–Crippen MR) is 122 cm³/mol. The zero-order valence-corrected chi connectivity index (χ0v) is 19.6. The number of benzene rings is 1. The van der Waals surface area contributed by atoms with Crippen LogP contribution in [0.5, 0.6) is 0 Å². The summed E-state index contributed by atoms with van der Waals surface area (Å²) in [5.41, 5.74) is 6.41. The second-order valence-electron chi connectivity index (χ2n) is 7.10. The molecule has 3 amide bonds. The highest BCUT2D eigenvalue weighted by Crippen LogP contribution is 2.04. The summed E-state index contributed by atoms with van der Waals surface area (Å²) < 4.78 is 9.62. The molecule has 11 nitrogen and oxygen atoms in total. The molecule has 186 valence electrons. The molecule has 0 aliphatic rings. The van der Waals surface area contributed by atoms with Gasteiger partial charge in [0.2, 0.25) is 11.8 Å². The van der Waals surface area contributed by atoms with E-state index in [0.717, 1.165) is 12.7 Å². The minimum atomic E-state index is -1.25. The second kappa shape index (κ2) is 16.7. The lowest BCUT2D eigenvalue weighted by molar-refractivity contribution is -0.146. The highest BCUT2D eigenvalue weighted by atomic mass is 35.5. The predicted octanol–water partition coefficient (Wildman–Crippen LogP) is -0.0130. The van der Waals surface area contributed by atoms with E-state index in [9.17, 15) is 24.3 Å². The highest BCUT2D eigenvalue weighted by Gasteiger charge is 2.27. The lowest BCUT2D eigenvalue weighted by Crippen LogP contribution is -2.54. The molecule has 0 saturated carbocycles. The van der Waals surface area contributed by atoms with Gasteiger partial charge >= 0.3 is 12.1 Å². The fourth-order valence-electron chi connectivity index (χ4n) is 2.60. The number of ether oxygens (including phenoxy) is 2. The number of nitrogens with two attached hydrogens (primary N) is 1. The van der Waals surface area contributed by atoms with E-state index in [1.807, 2.05) is 30.3 Å². The van der Waals surface area contributed by atoms with Crippen molar-refractivity contribution in [2.45, 2.75) is 50.9 Å². The summed E-state index contributed by atoms with van der Waals surface area (Å²) >= 11 is 0. The maximum absolute atomic E-state index is 12.5. The van der Waals surface area contributed by atoms with E-state index >= 15 is 0 Å². The van der Waals surface area contributed by atoms with E-state index in [1.165, 1.54) is 6.92 Å². The molecule has 1 aromatic rings. The Kier molecular flexibility index (Phi) is 15.2. The third kappa shape index (κ3) is 12.1. The van der Waals surface area contributed by atoms with Gasteiger partial charge in [-0.15, -0.1) is 12.4 Å². The van der Waals surface area contributed by atoms with Gasteiger partial charge in [-0.3, -0.25) is 9.59 Å². The smallest absolute Gasteiger partial charge is 0.407 e. The van der Waals surface area contributed by atoms with Crippen LogP contribution in [0, 0.1) is 0 Å². The van der Waals surface area contributed by atoms with Crippen LogP contribution in [0.1, 0.15) is 31.7 Å². The molecular weight excluding hydrogens is 456 g/mol. The molecule has 1 rings (SSSR count). The average molecular weight is 489 g/mol. The van der Waals surface area contributed by atoms with Gasteiger partial charge in [-0.25, -0.2) is 9.59 Å². The Bertz CT molecular complexity index is 749. The number of carbonyl (C=O) groups is 4. The molecule has 12 heteroatoms. The van der Waals surface area contributed by atoms with Gasteiger partial charge in [0.25, 0.3) is 0 Å². The maximum Gasteiger partial charge on any atom is 0.407 e. The Morgan fingerprint density at radius 3 is 2.24 bits per heavy atom. The fourth-order valence-corrected chi connectivity index (χ4v) is 2.60. The van der Waals surface area contributed by atoms with Crippen LogP contribution in [0.2, 0.25) is 0 Å². The summed E-state index contributed by atoms with van der Waals surface area (Å²) in [6.07, 6.45) is 0.652. The first-order valence-corrected chi connectivity index (χ1v) is 10.3. The van der Waals surface area contributed by atoms with Crippen molar-refractivity contribution in [3.8, 4) is 0 Å². The molecule has 33 heavy (non-hydrogen) atoms. The minimum Gasteiger partial charge on any atom is -0.467 e. The molecule has 1 aromatic carbocycles. The van der Waals surface area contributed by atoms with Crippen LogP contribution in [0.3, 0.4) is 0 Å². The standard InChI is InChI=1S/C21H32N4O7.ClH/c1-14(22)18(27)24-16(19(28)25-17(12-26)20(29)31-2)10-6-7-11-23-21(30)32-13-15-8-4-3-5-9-15;/h3-5,8-9,14,16-17,26H,6-7,10-13,22H2,1-2H3,(H,23,30)(H,24,27)(H,25,28);1H/t14-,16-,17-;/m0./s1. The van der Waals surface area contributed by atoms with E-state index in [2.05, 4.69) is 20.7 Å². The number of esters is 1. The molecule has 0 aliphatic carbocycles. The van der Waals surface area contributed by atoms with Crippen molar-refractivity contribution in [3.63, 3.8) is 0 Å². The van der Waals surface area contributed by atoms with Gasteiger partial charge in [-0.1, -0.05) is 30.3 Å². The van der Waals surface area contributed by atoms with Gasteiger partial charge in [-0.2, -0.15) is 0 Å². The van der Waals surface area contributed by atoms with Crippen LogP contribution in [0.15, 0.2) is 30.3 Å². The largest absolute Gasteiger partial charge is 0.467 e. The topological polar surface area (TPSA) is 169 Å². The molecular formula is C21H33ClN4O7. The number of carbonyl (C=O) groups excluding carboxylic acids is 4. The first kappa shape index (κ1) is 30.1. The summed E-state index contributed by atoms with van der Waals surface area (Å²) in [6.45, 7) is 1.29. The molecule has 0 aromatic heterocycles. The van der Waals surface area contributed by atoms with Crippen molar-refractivity contribution in [1.82, 2.24) is 16.0 Å². The van der Waals surface area contributed by atoms with Crippen LogP contribution < -0.4 is 21.7 Å². The third-order valence-corrected chi connectivity index (χ3v) is 4.43. The average Bonchev–Trinajstić information content (AvgIpc) is 2.79. The third-order valence-electron chi connectivity index (χ3n) is 4.43. The van der Waals surface area contributed by atoms with Gasteiger partial charge in [0.05, 0.1) is 19.8 Å². The van der Waals surface area contributed by atoms with Crippen LogP contribution in [-0.2, 0) is 30.5 Å². The second-order valence-corrected chi connectivity index (χ2v) is 7.10. The van der Waals surface area contributed by atoms with E-state index in [-0.39, 0.29) is 25.4 Å². The number of hydrogen-bond acceptors (Lipinski definition) is 8. The Morgan fingerprint density at radius 1 is 1.03 bits per heavy atom. The van der Waals surface area contributed by atoms with Crippen LogP contribution >= 0.6 is 12.4 Å². The van der Waals surface area contributed by atoms with E-state index in [1.54, 1.807) is 0 Å². The molecule has 0 bridgehead atoms. The van der Waals surface area contributed by atoms with Crippen molar-refractivity contribution in [2.75, 3.05) is 20.3 Å². The van der Waals surface area contributed by atoms with Crippen LogP contribution in [0.4, 0.5) is 4.79 Å². The first-order chi connectivity index (χ1) is 15.3. The quantitative estimate of drug-likeness (QED) is 0.190. The lowest BCUT2D eigenvalue weighted by Gasteiger charge is -2.22. The van der Waals surface area contributed by atoms with Crippen molar-refractivity contribution in [1.29, 1.82) is 0 Å². The molecule has 0 fully saturated rings. The molecule has 6 N–H and O–H groups in total. The monoisotopic (exact) mass is 488 g/mol. The number of aliphatic hydroxyl groups excluding tert-OH is 1. The Balaban J connectivity index is 0.0000102. The van der Waals surface area contributed by atoms with Crippen molar-refractivity contribution in [2.24, 2.45) is 5.73 Å². The SMILES string of the molecule is COC(=O)[C@H](CO)NC(=O)[C@H](CCCCNC(=O)OCc1ccccc1)NC(=O)[C@H](C)N.Cl. The molecule has 0 heterocycles. The molecule has 3 atom stereocenters. The number of nitrogens with one attached hydrogen (secondary N) is 3. The van der Waals surface area contributed by atoms with E-state index < -0.39 is 48.6 Å². The number of methoxy groups -OCH3 is 1. The Hall–Kier alpha value is -2.89. The first-order valence-electron chi connectivity index (χ1n) is 10.3. The lowest BCUT2D eigenvalue weighted by atomic mass is 10.1. The Labute approximate surface area is 199 Å². The van der Waals surface area contributed by atoms with Gasteiger partial charge in [-0.05, 0) is 31.7 Å². The fraction of sp³-hybridized carbons (Fsp3) is 0.524.